The van der Waals surface area contributed by atoms with Gasteiger partial charge in [0.15, 0.2) is 5.65 Å². The normalized spacial score (nSPS) is 21.8. The minimum Gasteiger partial charge on any atom is -0.337 e. The number of imidazole rings is 1. The van der Waals surface area contributed by atoms with Gasteiger partial charge >= 0.3 is 12.2 Å². The molecule has 3 amide bonds. The highest BCUT2D eigenvalue weighted by molar-refractivity contribution is 6.00. The fraction of sp³-hybridized carbons (Fsp3) is 0.240. The molecule has 182 valence electrons. The van der Waals surface area contributed by atoms with Gasteiger partial charge in [-0.05, 0) is 47.7 Å². The Kier molecular flexibility index (Phi) is 5.02. The van der Waals surface area contributed by atoms with E-state index in [1.54, 1.807) is 35.1 Å². The number of carbonyl (C=O) groups excluding carboxylic acids is 2. The van der Waals surface area contributed by atoms with E-state index in [0.29, 0.717) is 22.6 Å². The average molecular weight is 492 g/mol. The summed E-state index contributed by atoms with van der Waals surface area (Å²) in [7, 11) is 0. The maximum Gasteiger partial charge on any atom is 0.417 e. The molecule has 0 spiro atoms. The number of imide groups is 1. The molecular formula is C25H19F3N6O2. The second kappa shape index (κ2) is 8.14. The molecule has 1 saturated carbocycles. The molecule has 4 heterocycles. The first-order chi connectivity index (χ1) is 17.3. The average Bonchev–Trinajstić information content (AvgIpc) is 3.51. The van der Waals surface area contributed by atoms with E-state index >= 15 is 0 Å². The summed E-state index contributed by atoms with van der Waals surface area (Å²) < 4.78 is 42.3. The van der Waals surface area contributed by atoms with Crippen molar-refractivity contribution in [2.24, 2.45) is 0 Å². The summed E-state index contributed by atoms with van der Waals surface area (Å²) in [6, 6.07) is 10.1. The highest BCUT2D eigenvalue weighted by Gasteiger charge is 2.43. The second-order valence-electron chi connectivity index (χ2n) is 8.93. The van der Waals surface area contributed by atoms with Crippen molar-refractivity contribution < 1.29 is 22.8 Å². The molecule has 0 radical (unpaired) electrons. The fourth-order valence-corrected chi connectivity index (χ4v) is 4.84. The zero-order valence-electron chi connectivity index (χ0n) is 18.7. The van der Waals surface area contributed by atoms with E-state index < -0.39 is 29.6 Å². The third kappa shape index (κ3) is 3.86. The third-order valence-corrected chi connectivity index (χ3v) is 6.68. The monoisotopic (exact) mass is 492 g/mol. The Balaban J connectivity index is 1.34. The predicted molar refractivity (Wildman–Crippen MR) is 122 cm³/mol. The molecule has 4 aromatic rings. The van der Waals surface area contributed by atoms with Gasteiger partial charge in [0.1, 0.15) is 0 Å². The number of benzene rings is 1. The molecule has 3 atom stereocenters. The summed E-state index contributed by atoms with van der Waals surface area (Å²) in [5.74, 6) is -1.08. The van der Waals surface area contributed by atoms with Gasteiger partial charge in [-0.1, -0.05) is 18.2 Å². The van der Waals surface area contributed by atoms with Crippen LogP contribution in [0.1, 0.15) is 46.7 Å². The smallest absolute Gasteiger partial charge is 0.337 e. The third-order valence-electron chi connectivity index (χ3n) is 6.68. The summed E-state index contributed by atoms with van der Waals surface area (Å²) in [5.41, 5.74) is 2.59. The van der Waals surface area contributed by atoms with Crippen molar-refractivity contribution in [1.29, 1.82) is 0 Å². The van der Waals surface area contributed by atoms with Crippen LogP contribution in [0.5, 0.6) is 0 Å². The largest absolute Gasteiger partial charge is 0.417 e. The maximum absolute atomic E-state index is 13.6. The zero-order chi connectivity index (χ0) is 25.0. The lowest BCUT2D eigenvalue weighted by Crippen LogP contribution is -2.51. The Morgan fingerprint density at radius 1 is 0.972 bits per heavy atom. The summed E-state index contributed by atoms with van der Waals surface area (Å²) in [5, 5.41) is 9.38. The summed E-state index contributed by atoms with van der Waals surface area (Å²) in [4.78, 5) is 32.7. The lowest BCUT2D eigenvalue weighted by Gasteiger charge is -2.22. The van der Waals surface area contributed by atoms with E-state index in [1.165, 1.54) is 18.3 Å². The molecule has 1 aliphatic carbocycles. The van der Waals surface area contributed by atoms with Crippen LogP contribution in [0.3, 0.4) is 0 Å². The number of urea groups is 1. The number of nitrogens with zero attached hydrogens (tertiary/aromatic N) is 4. The number of amides is 3. The van der Waals surface area contributed by atoms with E-state index in [9.17, 15) is 22.8 Å². The molecule has 2 fully saturated rings. The van der Waals surface area contributed by atoms with Gasteiger partial charge in [0.25, 0.3) is 0 Å². The van der Waals surface area contributed by atoms with E-state index in [1.807, 2.05) is 6.07 Å². The molecule has 6 rings (SSSR count). The first kappa shape index (κ1) is 22.2. The minimum absolute atomic E-state index is 0.0125. The summed E-state index contributed by atoms with van der Waals surface area (Å²) in [6.07, 6.45) is 1.10. The maximum atomic E-state index is 13.6. The number of pyridine rings is 1. The quantitative estimate of drug-likeness (QED) is 0.449. The molecule has 1 aliphatic heterocycles. The zero-order valence-corrected chi connectivity index (χ0v) is 18.7. The standard InChI is InChI=1S/C25H19F3N6O2/c26-25(27,28)19-4-2-1-3-14(19)13-5-6-29-20(9-13)16-10-15(16)17-11-21(33-34-8-7-30-22(17)34)18-12-31-24(36)32-23(18)35/h1-9,11,15-16,18H,10,12H2,(H2,31,32,35,36)/t15-,16-,18?/m0/s1. The van der Waals surface area contributed by atoms with Crippen molar-refractivity contribution >= 4 is 17.6 Å². The molecular weight excluding hydrogens is 473 g/mol. The van der Waals surface area contributed by atoms with Crippen molar-refractivity contribution in [3.8, 4) is 11.1 Å². The number of carbonyl (C=O) groups is 2. The first-order valence-electron chi connectivity index (χ1n) is 11.3. The molecule has 2 aliphatic rings. The summed E-state index contributed by atoms with van der Waals surface area (Å²) >= 11 is 0. The lowest BCUT2D eigenvalue weighted by molar-refractivity contribution is -0.137. The van der Waals surface area contributed by atoms with E-state index in [-0.39, 0.29) is 23.9 Å². The number of hydrogen-bond donors (Lipinski definition) is 2. The van der Waals surface area contributed by atoms with Crippen LogP contribution in [-0.2, 0) is 11.0 Å². The molecule has 0 bridgehead atoms. The van der Waals surface area contributed by atoms with Crippen molar-refractivity contribution in [1.82, 2.24) is 30.2 Å². The highest BCUT2D eigenvalue weighted by atomic mass is 19.4. The van der Waals surface area contributed by atoms with Crippen LogP contribution in [0.15, 0.2) is 61.1 Å². The van der Waals surface area contributed by atoms with Gasteiger partial charge in [-0.25, -0.2) is 14.3 Å². The van der Waals surface area contributed by atoms with Crippen LogP contribution >= 0.6 is 0 Å². The number of nitrogens with one attached hydrogen (secondary N) is 2. The van der Waals surface area contributed by atoms with Gasteiger partial charge in [-0.2, -0.15) is 18.3 Å². The van der Waals surface area contributed by atoms with Crippen molar-refractivity contribution in [2.75, 3.05) is 6.54 Å². The van der Waals surface area contributed by atoms with Crippen LogP contribution in [0, 0.1) is 0 Å². The Hall–Kier alpha value is -4.28. The van der Waals surface area contributed by atoms with E-state index in [2.05, 4.69) is 25.7 Å². The lowest BCUT2D eigenvalue weighted by atomic mass is 9.98. The van der Waals surface area contributed by atoms with E-state index in [0.717, 1.165) is 18.1 Å². The number of aromatic nitrogens is 4. The summed E-state index contributed by atoms with van der Waals surface area (Å²) in [6.45, 7) is 0.133. The van der Waals surface area contributed by atoms with Gasteiger partial charge in [-0.15, -0.1) is 0 Å². The Morgan fingerprint density at radius 2 is 1.81 bits per heavy atom. The SMILES string of the molecule is O=C1NCC(c2cc([C@H]3C[C@@H]3c3cc(-c4ccccc4C(F)(F)F)ccn3)c3nccn3n2)C(=O)N1. The van der Waals surface area contributed by atoms with Crippen LogP contribution in [0.2, 0.25) is 0 Å². The van der Waals surface area contributed by atoms with Gasteiger partial charge in [-0.3, -0.25) is 15.1 Å². The minimum atomic E-state index is -4.47. The van der Waals surface area contributed by atoms with Gasteiger partial charge < -0.3 is 5.32 Å². The Morgan fingerprint density at radius 3 is 2.61 bits per heavy atom. The van der Waals surface area contributed by atoms with Crippen LogP contribution < -0.4 is 10.6 Å². The Labute approximate surface area is 202 Å². The van der Waals surface area contributed by atoms with Crippen LogP contribution in [0.4, 0.5) is 18.0 Å². The molecule has 8 nitrogen and oxygen atoms in total. The molecule has 1 aromatic carbocycles. The van der Waals surface area contributed by atoms with Gasteiger partial charge in [0.05, 0.1) is 17.2 Å². The van der Waals surface area contributed by atoms with E-state index in [4.69, 9.17) is 0 Å². The molecule has 36 heavy (non-hydrogen) atoms. The fourth-order valence-electron chi connectivity index (χ4n) is 4.84. The number of alkyl halides is 3. The van der Waals surface area contributed by atoms with Crippen LogP contribution in [-0.4, -0.2) is 38.1 Å². The van der Waals surface area contributed by atoms with Crippen LogP contribution in [0.25, 0.3) is 16.8 Å². The second-order valence-corrected chi connectivity index (χ2v) is 8.93. The van der Waals surface area contributed by atoms with Crippen molar-refractivity contribution in [2.45, 2.75) is 30.4 Å². The number of fused-ring (bicyclic) bond motifs is 1. The van der Waals surface area contributed by atoms with Gasteiger partial charge in [0.2, 0.25) is 5.91 Å². The molecule has 1 unspecified atom stereocenters. The topological polar surface area (TPSA) is 101 Å². The highest BCUT2D eigenvalue weighted by Crippen LogP contribution is 2.55. The predicted octanol–water partition coefficient (Wildman–Crippen LogP) is 4.00. The van der Waals surface area contributed by atoms with Crippen molar-refractivity contribution in [3.63, 3.8) is 0 Å². The molecule has 11 heteroatoms. The molecule has 2 N–H and O–H groups in total. The Bertz CT molecular complexity index is 1520. The molecule has 1 saturated heterocycles. The number of rotatable bonds is 4. The first-order valence-corrected chi connectivity index (χ1v) is 11.3. The van der Waals surface area contributed by atoms with Crippen molar-refractivity contribution in [3.05, 3.63) is 83.6 Å². The molecule has 3 aromatic heterocycles. The number of hydrogen-bond acceptors (Lipinski definition) is 5. The van der Waals surface area contributed by atoms with Gasteiger partial charge in [0, 0.05) is 42.3 Å². The number of halogens is 3.